The molecule has 0 spiro atoms. The first-order chi connectivity index (χ1) is 9.22. The molecule has 1 aromatic rings. The Morgan fingerprint density at radius 2 is 2.21 bits per heavy atom. The summed E-state index contributed by atoms with van der Waals surface area (Å²) in [6.45, 7) is 5.19. The zero-order valence-corrected chi connectivity index (χ0v) is 12.5. The van der Waals surface area contributed by atoms with E-state index in [4.69, 9.17) is 11.6 Å². The molecule has 1 aromatic heterocycles. The van der Waals surface area contributed by atoms with Crippen molar-refractivity contribution in [2.75, 3.05) is 17.2 Å². The smallest absolute Gasteiger partial charge is 0.224 e. The first-order valence-corrected chi connectivity index (χ1v) is 7.63. The lowest BCUT2D eigenvalue weighted by Gasteiger charge is -2.18. The number of nitrogens with zero attached hydrogens (tertiary/aromatic N) is 2. The molecule has 4 nitrogen and oxygen atoms in total. The van der Waals surface area contributed by atoms with Crippen LogP contribution < -0.4 is 10.6 Å². The van der Waals surface area contributed by atoms with Crippen molar-refractivity contribution in [1.82, 2.24) is 9.97 Å². The van der Waals surface area contributed by atoms with Gasteiger partial charge in [0, 0.05) is 12.6 Å². The minimum Gasteiger partial charge on any atom is -0.366 e. The van der Waals surface area contributed by atoms with Gasteiger partial charge in [-0.1, -0.05) is 38.3 Å². The lowest BCUT2D eigenvalue weighted by molar-refractivity contribution is 0.585. The van der Waals surface area contributed by atoms with Gasteiger partial charge in [-0.05, 0) is 25.2 Å². The molecular weight excluding hydrogens is 260 g/mol. The van der Waals surface area contributed by atoms with E-state index in [2.05, 4.69) is 34.4 Å². The second-order valence-corrected chi connectivity index (χ2v) is 5.65. The fourth-order valence-electron chi connectivity index (χ4n) is 2.07. The van der Waals surface area contributed by atoms with E-state index in [1.165, 1.54) is 19.3 Å². The summed E-state index contributed by atoms with van der Waals surface area (Å²) in [7, 11) is 0. The normalized spacial score (nSPS) is 16.2. The van der Waals surface area contributed by atoms with Crippen LogP contribution in [0.2, 0.25) is 5.02 Å². The summed E-state index contributed by atoms with van der Waals surface area (Å²) in [6.07, 6.45) is 7.77. The fourth-order valence-corrected chi connectivity index (χ4v) is 2.21. The maximum absolute atomic E-state index is 6.17. The van der Waals surface area contributed by atoms with Gasteiger partial charge in [0.05, 0.1) is 6.20 Å². The van der Waals surface area contributed by atoms with Gasteiger partial charge >= 0.3 is 0 Å². The minimum absolute atomic E-state index is 0.457. The van der Waals surface area contributed by atoms with Crippen molar-refractivity contribution in [2.45, 2.75) is 52.0 Å². The molecule has 1 fully saturated rings. The van der Waals surface area contributed by atoms with Gasteiger partial charge in [-0.3, -0.25) is 0 Å². The molecule has 1 aliphatic rings. The van der Waals surface area contributed by atoms with Gasteiger partial charge in [0.15, 0.2) is 5.82 Å². The Labute approximate surface area is 120 Å². The van der Waals surface area contributed by atoms with Crippen LogP contribution in [0.25, 0.3) is 0 Å². The van der Waals surface area contributed by atoms with E-state index >= 15 is 0 Å². The highest BCUT2D eigenvalue weighted by Gasteiger charge is 2.25. The molecule has 1 atom stereocenters. The maximum atomic E-state index is 6.17. The maximum Gasteiger partial charge on any atom is 0.224 e. The van der Waals surface area contributed by atoms with Crippen LogP contribution in [0.4, 0.5) is 11.8 Å². The van der Waals surface area contributed by atoms with E-state index < -0.39 is 0 Å². The number of hydrogen-bond acceptors (Lipinski definition) is 4. The van der Waals surface area contributed by atoms with E-state index in [0.717, 1.165) is 31.1 Å². The number of aromatic nitrogens is 2. The highest BCUT2D eigenvalue weighted by molar-refractivity contribution is 6.32. The van der Waals surface area contributed by atoms with Gasteiger partial charge in [-0.25, -0.2) is 4.98 Å². The molecule has 1 heterocycles. The third kappa shape index (κ3) is 4.53. The highest BCUT2D eigenvalue weighted by atomic mass is 35.5. The Bertz CT molecular complexity index is 406. The number of halogens is 1. The first kappa shape index (κ1) is 14.4. The van der Waals surface area contributed by atoms with E-state index in [1.807, 2.05) is 0 Å². The van der Waals surface area contributed by atoms with Crippen molar-refractivity contribution < 1.29 is 0 Å². The SMILES string of the molecule is CCCNc1ncc(Cl)c(NC(CC)CC2CC2)n1. The topological polar surface area (TPSA) is 49.8 Å². The van der Waals surface area contributed by atoms with Crippen molar-refractivity contribution in [3.8, 4) is 0 Å². The molecule has 2 N–H and O–H groups in total. The quantitative estimate of drug-likeness (QED) is 0.758. The van der Waals surface area contributed by atoms with E-state index in [9.17, 15) is 0 Å². The average molecular weight is 283 g/mol. The minimum atomic E-state index is 0.457. The Morgan fingerprint density at radius 1 is 1.42 bits per heavy atom. The van der Waals surface area contributed by atoms with Gasteiger partial charge in [-0.15, -0.1) is 0 Å². The molecule has 0 aliphatic heterocycles. The Morgan fingerprint density at radius 3 is 2.84 bits per heavy atom. The summed E-state index contributed by atoms with van der Waals surface area (Å²) >= 11 is 6.17. The molecule has 0 radical (unpaired) electrons. The summed E-state index contributed by atoms with van der Waals surface area (Å²) in [6, 6.07) is 0.457. The zero-order chi connectivity index (χ0) is 13.7. The fraction of sp³-hybridized carbons (Fsp3) is 0.714. The molecule has 5 heteroatoms. The van der Waals surface area contributed by atoms with Crippen molar-refractivity contribution in [1.29, 1.82) is 0 Å². The predicted octanol–water partition coefficient (Wildman–Crippen LogP) is 3.94. The third-order valence-electron chi connectivity index (χ3n) is 3.43. The molecule has 1 aliphatic carbocycles. The predicted molar refractivity (Wildman–Crippen MR) is 80.9 cm³/mol. The molecule has 0 bridgehead atoms. The lowest BCUT2D eigenvalue weighted by Crippen LogP contribution is -2.20. The monoisotopic (exact) mass is 282 g/mol. The largest absolute Gasteiger partial charge is 0.366 e. The van der Waals surface area contributed by atoms with Crippen molar-refractivity contribution in [3.63, 3.8) is 0 Å². The summed E-state index contributed by atoms with van der Waals surface area (Å²) in [5, 5.41) is 7.24. The second kappa shape index (κ2) is 6.94. The van der Waals surface area contributed by atoms with Crippen LogP contribution in [0.3, 0.4) is 0 Å². The summed E-state index contributed by atoms with van der Waals surface area (Å²) in [4.78, 5) is 8.65. The van der Waals surface area contributed by atoms with Crippen LogP contribution in [-0.4, -0.2) is 22.6 Å². The Hall–Kier alpha value is -1.03. The molecule has 106 valence electrons. The van der Waals surface area contributed by atoms with Crippen molar-refractivity contribution in [3.05, 3.63) is 11.2 Å². The molecular formula is C14H23ClN4. The summed E-state index contributed by atoms with van der Waals surface area (Å²) in [5.41, 5.74) is 0. The number of hydrogen-bond donors (Lipinski definition) is 2. The molecule has 0 aromatic carbocycles. The Kier molecular flexibility index (Phi) is 5.25. The molecule has 0 saturated heterocycles. The van der Waals surface area contributed by atoms with Crippen molar-refractivity contribution >= 4 is 23.4 Å². The number of anilines is 2. The summed E-state index contributed by atoms with van der Waals surface area (Å²) < 4.78 is 0. The summed E-state index contributed by atoms with van der Waals surface area (Å²) in [5.74, 6) is 2.30. The van der Waals surface area contributed by atoms with E-state index in [0.29, 0.717) is 17.0 Å². The zero-order valence-electron chi connectivity index (χ0n) is 11.7. The van der Waals surface area contributed by atoms with Gasteiger partial charge < -0.3 is 10.6 Å². The average Bonchev–Trinajstić information content (AvgIpc) is 3.22. The molecule has 19 heavy (non-hydrogen) atoms. The van der Waals surface area contributed by atoms with Gasteiger partial charge in [0.1, 0.15) is 5.02 Å². The van der Waals surface area contributed by atoms with Crippen LogP contribution in [-0.2, 0) is 0 Å². The number of nitrogens with one attached hydrogen (secondary N) is 2. The standard InChI is InChI=1S/C14H23ClN4/c1-3-7-16-14-17-9-12(15)13(19-14)18-11(4-2)8-10-5-6-10/h9-11H,3-8H2,1-2H3,(H2,16,17,18,19). The van der Waals surface area contributed by atoms with Crippen LogP contribution in [0.15, 0.2) is 6.20 Å². The molecule has 1 unspecified atom stereocenters. The van der Waals surface area contributed by atoms with Crippen LogP contribution in [0, 0.1) is 5.92 Å². The third-order valence-corrected chi connectivity index (χ3v) is 3.70. The molecule has 0 amide bonds. The van der Waals surface area contributed by atoms with Gasteiger partial charge in [-0.2, -0.15) is 4.98 Å². The Balaban J connectivity index is 1.99. The lowest BCUT2D eigenvalue weighted by atomic mass is 10.1. The van der Waals surface area contributed by atoms with Crippen LogP contribution >= 0.6 is 11.6 Å². The molecule has 2 rings (SSSR count). The first-order valence-electron chi connectivity index (χ1n) is 7.25. The van der Waals surface area contributed by atoms with E-state index in [-0.39, 0.29) is 0 Å². The van der Waals surface area contributed by atoms with Gasteiger partial charge in [0.2, 0.25) is 5.95 Å². The highest BCUT2D eigenvalue weighted by Crippen LogP contribution is 2.35. The van der Waals surface area contributed by atoms with Gasteiger partial charge in [0.25, 0.3) is 0 Å². The second-order valence-electron chi connectivity index (χ2n) is 5.25. The number of rotatable bonds is 8. The van der Waals surface area contributed by atoms with E-state index in [1.54, 1.807) is 6.20 Å². The molecule has 1 saturated carbocycles. The van der Waals surface area contributed by atoms with Crippen molar-refractivity contribution in [2.24, 2.45) is 5.92 Å². The van der Waals surface area contributed by atoms with Crippen LogP contribution in [0.1, 0.15) is 46.0 Å². The van der Waals surface area contributed by atoms with Crippen LogP contribution in [0.5, 0.6) is 0 Å².